The minimum absolute atomic E-state index is 0.215. The zero-order valence-electron chi connectivity index (χ0n) is 11.4. The lowest BCUT2D eigenvalue weighted by atomic mass is 10.0. The van der Waals surface area contributed by atoms with Crippen LogP contribution in [0.1, 0.15) is 12.8 Å². The SMILES string of the molecule is COc1cc(Br)cc(S(=O)(=O)NCC2CCCNC2)c1. The second-order valence-electron chi connectivity index (χ2n) is 4.89. The van der Waals surface area contributed by atoms with E-state index in [0.717, 1.165) is 25.9 Å². The van der Waals surface area contributed by atoms with Gasteiger partial charge in [0.25, 0.3) is 0 Å². The third kappa shape index (κ3) is 4.18. The van der Waals surface area contributed by atoms with Gasteiger partial charge in [-0.05, 0) is 44.0 Å². The van der Waals surface area contributed by atoms with Crippen molar-refractivity contribution in [3.8, 4) is 5.75 Å². The van der Waals surface area contributed by atoms with Crippen LogP contribution in [0.15, 0.2) is 27.6 Å². The van der Waals surface area contributed by atoms with Gasteiger partial charge < -0.3 is 10.1 Å². The summed E-state index contributed by atoms with van der Waals surface area (Å²) in [7, 11) is -1.99. The van der Waals surface area contributed by atoms with Crippen molar-refractivity contribution in [3.05, 3.63) is 22.7 Å². The Morgan fingerprint density at radius 2 is 2.25 bits per heavy atom. The number of sulfonamides is 1. The zero-order valence-corrected chi connectivity index (χ0v) is 13.8. The van der Waals surface area contributed by atoms with Gasteiger partial charge >= 0.3 is 0 Å². The number of nitrogens with one attached hydrogen (secondary N) is 2. The summed E-state index contributed by atoms with van der Waals surface area (Å²) >= 11 is 3.29. The van der Waals surface area contributed by atoms with Gasteiger partial charge in [-0.25, -0.2) is 13.1 Å². The van der Waals surface area contributed by atoms with Crippen molar-refractivity contribution in [2.75, 3.05) is 26.7 Å². The van der Waals surface area contributed by atoms with Crippen LogP contribution in [-0.4, -0.2) is 35.2 Å². The molecule has 2 N–H and O–H groups in total. The normalized spacial score (nSPS) is 19.8. The van der Waals surface area contributed by atoms with Crippen LogP contribution in [-0.2, 0) is 10.0 Å². The molecule has 0 aromatic heterocycles. The van der Waals surface area contributed by atoms with E-state index in [2.05, 4.69) is 26.0 Å². The Hall–Kier alpha value is -0.630. The molecule has 0 amide bonds. The summed E-state index contributed by atoms with van der Waals surface area (Å²) in [6.45, 7) is 2.35. The molecule has 0 bridgehead atoms. The molecule has 1 atom stereocenters. The summed E-state index contributed by atoms with van der Waals surface area (Å²) in [5, 5.41) is 3.28. The molecule has 1 aromatic rings. The lowest BCUT2D eigenvalue weighted by Gasteiger charge is -2.22. The molecule has 2 rings (SSSR count). The fourth-order valence-electron chi connectivity index (χ4n) is 2.22. The molecule has 1 aliphatic heterocycles. The molecule has 0 spiro atoms. The lowest BCUT2D eigenvalue weighted by Crippen LogP contribution is -2.38. The number of methoxy groups -OCH3 is 1. The van der Waals surface area contributed by atoms with Gasteiger partial charge in [-0.1, -0.05) is 15.9 Å². The van der Waals surface area contributed by atoms with Gasteiger partial charge in [0.1, 0.15) is 5.75 Å². The molecule has 1 aromatic carbocycles. The number of benzene rings is 1. The molecule has 5 nitrogen and oxygen atoms in total. The van der Waals surface area contributed by atoms with Crippen LogP contribution in [0.3, 0.4) is 0 Å². The lowest BCUT2D eigenvalue weighted by molar-refractivity contribution is 0.375. The van der Waals surface area contributed by atoms with Gasteiger partial charge in [0.15, 0.2) is 0 Å². The van der Waals surface area contributed by atoms with Crippen LogP contribution < -0.4 is 14.8 Å². The van der Waals surface area contributed by atoms with E-state index in [-0.39, 0.29) is 4.90 Å². The predicted molar refractivity (Wildman–Crippen MR) is 81.5 cm³/mol. The first-order chi connectivity index (χ1) is 9.51. The van der Waals surface area contributed by atoms with Crippen LogP contribution in [0.5, 0.6) is 5.75 Å². The molecule has 1 saturated heterocycles. The molecule has 20 heavy (non-hydrogen) atoms. The molecule has 1 aliphatic rings. The smallest absolute Gasteiger partial charge is 0.240 e. The Kier molecular flexibility index (Phi) is 5.42. The van der Waals surface area contributed by atoms with Crippen molar-refractivity contribution >= 4 is 26.0 Å². The Balaban J connectivity index is 2.07. The summed E-state index contributed by atoms with van der Waals surface area (Å²) < 4.78 is 33.0. The third-order valence-electron chi connectivity index (χ3n) is 3.35. The first kappa shape index (κ1) is 15.8. The van der Waals surface area contributed by atoms with E-state index in [0.29, 0.717) is 22.7 Å². The molecule has 0 aliphatic carbocycles. The Morgan fingerprint density at radius 3 is 2.90 bits per heavy atom. The maximum Gasteiger partial charge on any atom is 0.240 e. The first-order valence-corrected chi connectivity index (χ1v) is 8.84. The second-order valence-corrected chi connectivity index (χ2v) is 7.57. The zero-order chi connectivity index (χ0) is 14.6. The van der Waals surface area contributed by atoms with E-state index in [1.54, 1.807) is 12.1 Å². The van der Waals surface area contributed by atoms with Crippen molar-refractivity contribution in [1.29, 1.82) is 0 Å². The Bertz CT molecular complexity index is 557. The fraction of sp³-hybridized carbons (Fsp3) is 0.538. The van der Waals surface area contributed by atoms with Crippen LogP contribution in [0, 0.1) is 5.92 Å². The van der Waals surface area contributed by atoms with Gasteiger partial charge in [-0.15, -0.1) is 0 Å². The molecule has 1 unspecified atom stereocenters. The van der Waals surface area contributed by atoms with Gasteiger partial charge in [0.05, 0.1) is 12.0 Å². The van der Waals surface area contributed by atoms with Crippen molar-refractivity contribution < 1.29 is 13.2 Å². The second kappa shape index (κ2) is 6.89. The Labute approximate surface area is 128 Å². The van der Waals surface area contributed by atoms with E-state index in [1.807, 2.05) is 0 Å². The summed E-state index contributed by atoms with van der Waals surface area (Å²) in [6, 6.07) is 4.82. The molecule has 1 heterocycles. The van der Waals surface area contributed by atoms with Gasteiger partial charge in [-0.3, -0.25) is 0 Å². The van der Waals surface area contributed by atoms with E-state index in [4.69, 9.17) is 4.74 Å². The molecule has 1 fully saturated rings. The van der Waals surface area contributed by atoms with E-state index < -0.39 is 10.0 Å². The van der Waals surface area contributed by atoms with E-state index in [1.165, 1.54) is 13.2 Å². The fourth-order valence-corrected chi connectivity index (χ4v) is 4.02. The van der Waals surface area contributed by atoms with Crippen LogP contribution in [0.2, 0.25) is 0 Å². The van der Waals surface area contributed by atoms with Gasteiger partial charge in [0.2, 0.25) is 10.0 Å². The highest BCUT2D eigenvalue weighted by molar-refractivity contribution is 9.10. The minimum atomic E-state index is -3.50. The maximum atomic E-state index is 12.3. The number of halogens is 1. The van der Waals surface area contributed by atoms with Crippen LogP contribution in [0.4, 0.5) is 0 Å². The highest BCUT2D eigenvalue weighted by Crippen LogP contribution is 2.24. The highest BCUT2D eigenvalue weighted by atomic mass is 79.9. The molecular weight excluding hydrogens is 344 g/mol. The predicted octanol–water partition coefficient (Wildman–Crippen LogP) is 1.74. The standard InChI is InChI=1S/C13H19BrN2O3S/c1-19-12-5-11(14)6-13(7-12)20(17,18)16-9-10-3-2-4-15-8-10/h5-7,10,15-16H,2-4,8-9H2,1H3. The van der Waals surface area contributed by atoms with E-state index in [9.17, 15) is 8.42 Å². The van der Waals surface area contributed by atoms with Crippen molar-refractivity contribution in [2.24, 2.45) is 5.92 Å². The van der Waals surface area contributed by atoms with Crippen LogP contribution >= 0.6 is 15.9 Å². The first-order valence-electron chi connectivity index (χ1n) is 6.56. The number of ether oxygens (including phenoxy) is 1. The number of rotatable bonds is 5. The van der Waals surface area contributed by atoms with Crippen molar-refractivity contribution in [3.63, 3.8) is 0 Å². The topological polar surface area (TPSA) is 67.4 Å². The average Bonchev–Trinajstić information content (AvgIpc) is 2.45. The van der Waals surface area contributed by atoms with Crippen molar-refractivity contribution in [2.45, 2.75) is 17.7 Å². The Morgan fingerprint density at radius 1 is 1.45 bits per heavy atom. The molecule has 0 radical (unpaired) electrons. The summed E-state index contributed by atoms with van der Waals surface area (Å²) in [6.07, 6.45) is 2.15. The number of hydrogen-bond donors (Lipinski definition) is 2. The van der Waals surface area contributed by atoms with Crippen LogP contribution in [0.25, 0.3) is 0 Å². The average molecular weight is 363 g/mol. The molecule has 7 heteroatoms. The monoisotopic (exact) mass is 362 g/mol. The molecule has 0 saturated carbocycles. The molecular formula is C13H19BrN2O3S. The minimum Gasteiger partial charge on any atom is -0.497 e. The quantitative estimate of drug-likeness (QED) is 0.836. The largest absolute Gasteiger partial charge is 0.497 e. The maximum absolute atomic E-state index is 12.3. The molecule has 112 valence electrons. The van der Waals surface area contributed by atoms with Gasteiger partial charge in [-0.2, -0.15) is 0 Å². The van der Waals surface area contributed by atoms with Gasteiger partial charge in [0, 0.05) is 17.1 Å². The third-order valence-corrected chi connectivity index (χ3v) is 5.21. The highest BCUT2D eigenvalue weighted by Gasteiger charge is 2.19. The summed E-state index contributed by atoms with van der Waals surface area (Å²) in [4.78, 5) is 0.215. The van der Waals surface area contributed by atoms with Crippen molar-refractivity contribution in [1.82, 2.24) is 10.0 Å². The summed E-state index contributed by atoms with van der Waals surface area (Å²) in [5.74, 6) is 0.867. The number of piperidine rings is 1. The number of hydrogen-bond acceptors (Lipinski definition) is 4. The van der Waals surface area contributed by atoms with E-state index >= 15 is 0 Å². The summed E-state index contributed by atoms with van der Waals surface area (Å²) in [5.41, 5.74) is 0.